The van der Waals surface area contributed by atoms with E-state index in [0.717, 1.165) is 0 Å². The topological polar surface area (TPSA) is 95.9 Å². The first kappa shape index (κ1) is 14.6. The van der Waals surface area contributed by atoms with Crippen LogP contribution in [0.25, 0.3) is 0 Å². The van der Waals surface area contributed by atoms with Crippen LogP contribution in [-0.4, -0.2) is 29.2 Å². The van der Waals surface area contributed by atoms with Gasteiger partial charge in [-0.2, -0.15) is 0 Å². The SMILES string of the molecule is COc1ccc(NC(=O)C(C)=C(C)C(=O)O)cc1O. The first-order valence-corrected chi connectivity index (χ1v) is 5.46. The number of methoxy groups -OCH3 is 1. The molecule has 6 heteroatoms. The molecule has 0 aromatic heterocycles. The smallest absolute Gasteiger partial charge is 0.331 e. The van der Waals surface area contributed by atoms with Gasteiger partial charge in [-0.1, -0.05) is 0 Å². The Bertz CT molecular complexity index is 548. The lowest BCUT2D eigenvalue weighted by atomic mass is 10.1. The number of ether oxygens (including phenoxy) is 1. The Labute approximate surface area is 110 Å². The minimum Gasteiger partial charge on any atom is -0.504 e. The fourth-order valence-corrected chi connectivity index (χ4v) is 1.32. The van der Waals surface area contributed by atoms with Crippen molar-refractivity contribution < 1.29 is 24.5 Å². The van der Waals surface area contributed by atoms with Crippen molar-refractivity contribution in [2.24, 2.45) is 0 Å². The largest absolute Gasteiger partial charge is 0.504 e. The quantitative estimate of drug-likeness (QED) is 0.721. The van der Waals surface area contributed by atoms with E-state index >= 15 is 0 Å². The predicted molar refractivity (Wildman–Crippen MR) is 69.3 cm³/mol. The van der Waals surface area contributed by atoms with Gasteiger partial charge in [0.2, 0.25) is 0 Å². The van der Waals surface area contributed by atoms with E-state index in [1.165, 1.54) is 33.1 Å². The van der Waals surface area contributed by atoms with Crippen molar-refractivity contribution in [2.75, 3.05) is 12.4 Å². The lowest BCUT2D eigenvalue weighted by Gasteiger charge is -2.09. The first-order valence-electron chi connectivity index (χ1n) is 5.46. The molecule has 1 aromatic carbocycles. The second kappa shape index (κ2) is 5.90. The summed E-state index contributed by atoms with van der Waals surface area (Å²) < 4.78 is 4.87. The minimum absolute atomic E-state index is 0.0322. The number of aromatic hydroxyl groups is 1. The lowest BCUT2D eigenvalue weighted by molar-refractivity contribution is -0.133. The number of carbonyl (C=O) groups is 2. The van der Waals surface area contributed by atoms with E-state index < -0.39 is 11.9 Å². The maximum absolute atomic E-state index is 11.8. The molecule has 0 radical (unpaired) electrons. The molecule has 0 bridgehead atoms. The van der Waals surface area contributed by atoms with E-state index in [0.29, 0.717) is 5.69 Å². The highest BCUT2D eigenvalue weighted by molar-refractivity contribution is 6.08. The maximum atomic E-state index is 11.8. The second-order valence-electron chi connectivity index (χ2n) is 3.90. The van der Waals surface area contributed by atoms with Crippen molar-refractivity contribution in [3.05, 3.63) is 29.3 Å². The van der Waals surface area contributed by atoms with Crippen LogP contribution in [0, 0.1) is 0 Å². The molecular formula is C13H15NO5. The molecule has 0 saturated carbocycles. The summed E-state index contributed by atoms with van der Waals surface area (Å²) in [4.78, 5) is 22.5. The van der Waals surface area contributed by atoms with Crippen molar-refractivity contribution in [3.8, 4) is 11.5 Å². The Balaban J connectivity index is 2.92. The number of hydrogen-bond donors (Lipinski definition) is 3. The van der Waals surface area contributed by atoms with Gasteiger partial charge in [-0.15, -0.1) is 0 Å². The van der Waals surface area contributed by atoms with Crippen LogP contribution < -0.4 is 10.1 Å². The van der Waals surface area contributed by atoms with Crippen LogP contribution >= 0.6 is 0 Å². The molecule has 0 aliphatic heterocycles. The summed E-state index contributed by atoms with van der Waals surface area (Å²) in [5.41, 5.74) is 0.416. The fourth-order valence-electron chi connectivity index (χ4n) is 1.32. The van der Waals surface area contributed by atoms with Crippen LogP contribution in [0.5, 0.6) is 11.5 Å². The molecule has 102 valence electrons. The third-order valence-electron chi connectivity index (χ3n) is 2.66. The number of hydrogen-bond acceptors (Lipinski definition) is 4. The molecule has 1 aromatic rings. The van der Waals surface area contributed by atoms with Gasteiger partial charge in [-0.25, -0.2) is 4.79 Å². The molecule has 1 amide bonds. The number of amides is 1. The first-order chi connectivity index (χ1) is 8.86. The Hall–Kier alpha value is -2.50. The normalized spacial score (nSPS) is 11.5. The molecule has 1 rings (SSSR count). The molecule has 0 heterocycles. The molecule has 0 unspecified atom stereocenters. The summed E-state index contributed by atoms with van der Waals surface area (Å²) in [5, 5.41) is 20.8. The zero-order valence-corrected chi connectivity index (χ0v) is 10.9. The van der Waals surface area contributed by atoms with Gasteiger partial charge in [0, 0.05) is 22.9 Å². The summed E-state index contributed by atoms with van der Waals surface area (Å²) in [7, 11) is 1.41. The predicted octanol–water partition coefficient (Wildman–Crippen LogP) is 1.76. The van der Waals surface area contributed by atoms with Crippen molar-refractivity contribution in [3.63, 3.8) is 0 Å². The Kier molecular flexibility index (Phi) is 4.52. The molecule has 0 fully saturated rings. The number of phenolic OH excluding ortho intramolecular Hbond substituents is 1. The molecular weight excluding hydrogens is 250 g/mol. The number of nitrogens with one attached hydrogen (secondary N) is 1. The van der Waals surface area contributed by atoms with Gasteiger partial charge in [0.25, 0.3) is 5.91 Å². The molecule has 0 spiro atoms. The van der Waals surface area contributed by atoms with E-state index in [9.17, 15) is 14.7 Å². The van der Waals surface area contributed by atoms with E-state index in [2.05, 4.69) is 5.32 Å². The zero-order valence-electron chi connectivity index (χ0n) is 10.9. The van der Waals surface area contributed by atoms with E-state index in [1.54, 1.807) is 6.07 Å². The highest BCUT2D eigenvalue weighted by atomic mass is 16.5. The van der Waals surface area contributed by atoms with Crippen molar-refractivity contribution in [2.45, 2.75) is 13.8 Å². The monoisotopic (exact) mass is 265 g/mol. The summed E-state index contributed by atoms with van der Waals surface area (Å²) in [5.74, 6) is -1.52. The molecule has 0 aliphatic carbocycles. The van der Waals surface area contributed by atoms with Gasteiger partial charge in [0.1, 0.15) is 0 Å². The van der Waals surface area contributed by atoms with Crippen LogP contribution in [0.2, 0.25) is 0 Å². The molecule has 0 saturated heterocycles. The summed E-state index contributed by atoms with van der Waals surface area (Å²) in [6.45, 7) is 2.77. The van der Waals surface area contributed by atoms with E-state index in [-0.39, 0.29) is 22.6 Å². The number of carboxylic acids is 1. The number of anilines is 1. The van der Waals surface area contributed by atoms with Gasteiger partial charge >= 0.3 is 5.97 Å². The van der Waals surface area contributed by atoms with Crippen molar-refractivity contribution in [1.29, 1.82) is 0 Å². The van der Waals surface area contributed by atoms with Crippen molar-refractivity contribution >= 4 is 17.6 Å². The summed E-state index contributed by atoms with van der Waals surface area (Å²) in [6.07, 6.45) is 0. The Morgan fingerprint density at radius 3 is 2.32 bits per heavy atom. The van der Waals surface area contributed by atoms with Crippen LogP contribution in [0.4, 0.5) is 5.69 Å². The number of carbonyl (C=O) groups excluding carboxylic acids is 1. The zero-order chi connectivity index (χ0) is 14.6. The van der Waals surface area contributed by atoms with Gasteiger partial charge in [0.15, 0.2) is 11.5 Å². The van der Waals surface area contributed by atoms with Crippen molar-refractivity contribution in [1.82, 2.24) is 0 Å². The van der Waals surface area contributed by atoms with Gasteiger partial charge in [-0.3, -0.25) is 4.79 Å². The second-order valence-corrected chi connectivity index (χ2v) is 3.90. The maximum Gasteiger partial charge on any atom is 0.331 e. The van der Waals surface area contributed by atoms with E-state index in [4.69, 9.17) is 9.84 Å². The molecule has 0 aliphatic rings. The number of phenols is 1. The van der Waals surface area contributed by atoms with Crippen LogP contribution in [0.3, 0.4) is 0 Å². The Morgan fingerprint density at radius 2 is 1.84 bits per heavy atom. The summed E-state index contributed by atoms with van der Waals surface area (Å²) >= 11 is 0. The standard InChI is InChI=1S/C13H15NO5/c1-7(8(2)13(17)18)12(16)14-9-4-5-11(19-3)10(15)6-9/h4-6,15H,1-3H3,(H,14,16)(H,17,18). The Morgan fingerprint density at radius 1 is 1.21 bits per heavy atom. The van der Waals surface area contributed by atoms with Gasteiger partial charge in [0.05, 0.1) is 7.11 Å². The van der Waals surface area contributed by atoms with Crippen LogP contribution in [0.1, 0.15) is 13.8 Å². The summed E-state index contributed by atoms with van der Waals surface area (Å²) in [6, 6.07) is 4.36. The van der Waals surface area contributed by atoms with E-state index in [1.807, 2.05) is 0 Å². The minimum atomic E-state index is -1.15. The number of aliphatic carboxylic acids is 1. The lowest BCUT2D eigenvalue weighted by Crippen LogP contribution is -2.16. The highest BCUT2D eigenvalue weighted by Crippen LogP contribution is 2.28. The molecule has 6 nitrogen and oxygen atoms in total. The number of benzene rings is 1. The number of rotatable bonds is 4. The fraction of sp³-hybridized carbons (Fsp3) is 0.231. The molecule has 0 atom stereocenters. The van der Waals surface area contributed by atoms with Gasteiger partial charge < -0.3 is 20.3 Å². The molecule has 19 heavy (non-hydrogen) atoms. The van der Waals surface area contributed by atoms with Crippen LogP contribution in [0.15, 0.2) is 29.3 Å². The molecule has 3 N–H and O–H groups in total. The third kappa shape index (κ3) is 3.48. The third-order valence-corrected chi connectivity index (χ3v) is 2.66. The average molecular weight is 265 g/mol. The number of carboxylic acid groups (broad SMARTS) is 1. The van der Waals surface area contributed by atoms with Crippen LogP contribution in [-0.2, 0) is 9.59 Å². The average Bonchev–Trinajstić information content (AvgIpc) is 2.37. The van der Waals surface area contributed by atoms with Gasteiger partial charge in [-0.05, 0) is 26.0 Å². The highest BCUT2D eigenvalue weighted by Gasteiger charge is 2.13.